The Labute approximate surface area is 176 Å². The molecule has 1 aromatic carbocycles. The average molecular weight is 400 g/mol. The lowest BCUT2D eigenvalue weighted by molar-refractivity contribution is -0.138. The molecule has 0 bridgehead atoms. The number of carbonyl (C=O) groups is 2. The third-order valence-electron chi connectivity index (χ3n) is 6.86. The molecule has 0 aromatic heterocycles. The average Bonchev–Trinajstić information content (AvgIpc) is 3.25. The number of piperidine rings is 1. The first-order valence-corrected chi connectivity index (χ1v) is 11.5. The number of amides is 3. The van der Waals surface area contributed by atoms with Crippen molar-refractivity contribution in [1.29, 1.82) is 0 Å². The van der Waals surface area contributed by atoms with Gasteiger partial charge in [-0.05, 0) is 51.5 Å². The fraction of sp³-hybridized carbons (Fsp3) is 0.667. The molecule has 29 heavy (non-hydrogen) atoms. The molecule has 2 aliphatic heterocycles. The summed E-state index contributed by atoms with van der Waals surface area (Å²) in [5.41, 5.74) is 1.35. The van der Waals surface area contributed by atoms with Crippen LogP contribution in [0.1, 0.15) is 64.4 Å². The molecule has 0 unspecified atom stereocenters. The van der Waals surface area contributed by atoms with Crippen LogP contribution in [0.4, 0.5) is 4.79 Å². The Morgan fingerprint density at radius 2 is 1.66 bits per heavy atom. The lowest BCUT2D eigenvalue weighted by Gasteiger charge is -2.38. The SMILES string of the molecule is CC[C@H](c1ccccc1)[C@H]1CCCN1C(=O)C1CCN(C(=O)N(CC)CC)CC1. The molecule has 2 heterocycles. The van der Waals surface area contributed by atoms with Crippen LogP contribution >= 0.6 is 0 Å². The highest BCUT2D eigenvalue weighted by Gasteiger charge is 2.38. The Bertz CT molecular complexity index is 666. The Balaban J connectivity index is 1.62. The third kappa shape index (κ3) is 4.76. The van der Waals surface area contributed by atoms with Gasteiger partial charge in [0.1, 0.15) is 0 Å². The summed E-state index contributed by atoms with van der Waals surface area (Å²) in [5.74, 6) is 0.786. The standard InChI is InChI=1S/C24H37N3O2/c1-4-21(19-11-8-7-9-12-19)22-13-10-16-27(22)23(28)20-14-17-26(18-15-20)24(29)25(5-2)6-3/h7-9,11-12,20-22H,4-6,10,13-18H2,1-3H3/t21-,22-/m1/s1. The molecule has 0 N–H and O–H groups in total. The normalized spacial score (nSPS) is 21.3. The minimum absolute atomic E-state index is 0.0598. The lowest BCUT2D eigenvalue weighted by Crippen LogP contribution is -2.50. The van der Waals surface area contributed by atoms with Gasteiger partial charge in [0.25, 0.3) is 0 Å². The largest absolute Gasteiger partial charge is 0.339 e. The summed E-state index contributed by atoms with van der Waals surface area (Å²) in [4.78, 5) is 32.0. The predicted molar refractivity (Wildman–Crippen MR) is 117 cm³/mol. The smallest absolute Gasteiger partial charge is 0.319 e. The highest BCUT2D eigenvalue weighted by atomic mass is 16.2. The number of nitrogens with zero attached hydrogens (tertiary/aromatic N) is 3. The summed E-state index contributed by atoms with van der Waals surface area (Å²) in [5, 5.41) is 0. The quantitative estimate of drug-likeness (QED) is 0.714. The van der Waals surface area contributed by atoms with Gasteiger partial charge in [0.15, 0.2) is 0 Å². The van der Waals surface area contributed by atoms with Crippen LogP contribution in [0.25, 0.3) is 0 Å². The molecule has 5 heteroatoms. The van der Waals surface area contributed by atoms with Gasteiger partial charge in [-0.25, -0.2) is 4.79 Å². The number of benzene rings is 1. The van der Waals surface area contributed by atoms with Crippen molar-refractivity contribution in [2.24, 2.45) is 5.92 Å². The van der Waals surface area contributed by atoms with E-state index in [1.165, 1.54) is 5.56 Å². The van der Waals surface area contributed by atoms with E-state index >= 15 is 0 Å². The van der Waals surface area contributed by atoms with E-state index in [0.29, 0.717) is 31.0 Å². The van der Waals surface area contributed by atoms with Gasteiger partial charge in [0, 0.05) is 50.6 Å². The van der Waals surface area contributed by atoms with Crippen LogP contribution in [0.15, 0.2) is 30.3 Å². The first kappa shape index (κ1) is 21.7. The maximum atomic E-state index is 13.4. The third-order valence-corrected chi connectivity index (χ3v) is 6.86. The van der Waals surface area contributed by atoms with E-state index in [4.69, 9.17) is 0 Å². The van der Waals surface area contributed by atoms with E-state index in [-0.39, 0.29) is 11.9 Å². The molecule has 1 aromatic rings. The van der Waals surface area contributed by atoms with Gasteiger partial charge >= 0.3 is 6.03 Å². The summed E-state index contributed by atoms with van der Waals surface area (Å²) in [6.07, 6.45) is 4.82. The van der Waals surface area contributed by atoms with E-state index < -0.39 is 0 Å². The zero-order chi connectivity index (χ0) is 20.8. The molecule has 5 nitrogen and oxygen atoms in total. The van der Waals surface area contributed by atoms with Gasteiger partial charge in [-0.1, -0.05) is 37.3 Å². The predicted octanol–water partition coefficient (Wildman–Crippen LogP) is 4.35. The summed E-state index contributed by atoms with van der Waals surface area (Å²) >= 11 is 0. The molecule has 0 spiro atoms. The highest BCUT2D eigenvalue weighted by molar-refractivity contribution is 5.80. The number of urea groups is 1. The van der Waals surface area contributed by atoms with Crippen molar-refractivity contribution in [2.75, 3.05) is 32.7 Å². The lowest BCUT2D eigenvalue weighted by atomic mass is 9.86. The van der Waals surface area contributed by atoms with E-state index in [0.717, 1.165) is 51.7 Å². The van der Waals surface area contributed by atoms with Crippen molar-refractivity contribution in [3.8, 4) is 0 Å². The molecule has 3 rings (SSSR count). The minimum Gasteiger partial charge on any atom is -0.339 e. The number of hydrogen-bond acceptors (Lipinski definition) is 2. The van der Waals surface area contributed by atoms with Crippen LogP contribution in [0.2, 0.25) is 0 Å². The molecule has 2 atom stereocenters. The molecule has 2 aliphatic rings. The molecule has 0 saturated carbocycles. The Morgan fingerprint density at radius 1 is 1.00 bits per heavy atom. The monoisotopic (exact) mass is 399 g/mol. The molecule has 160 valence electrons. The first-order valence-electron chi connectivity index (χ1n) is 11.5. The van der Waals surface area contributed by atoms with Gasteiger partial charge in [0.05, 0.1) is 0 Å². The Kier molecular flexibility index (Phi) is 7.57. The molecule has 0 radical (unpaired) electrons. The number of carbonyl (C=O) groups excluding carboxylic acids is 2. The summed E-state index contributed by atoms with van der Waals surface area (Å²) in [6.45, 7) is 10.0. The zero-order valence-corrected chi connectivity index (χ0v) is 18.3. The van der Waals surface area contributed by atoms with Crippen molar-refractivity contribution in [2.45, 2.75) is 64.8 Å². The van der Waals surface area contributed by atoms with Crippen molar-refractivity contribution in [3.63, 3.8) is 0 Å². The van der Waals surface area contributed by atoms with E-state index in [2.05, 4.69) is 42.2 Å². The highest BCUT2D eigenvalue weighted by Crippen LogP contribution is 2.35. The molecule has 3 amide bonds. The van der Waals surface area contributed by atoms with Gasteiger partial charge < -0.3 is 14.7 Å². The molecular formula is C24H37N3O2. The van der Waals surface area contributed by atoms with Gasteiger partial charge in [0.2, 0.25) is 5.91 Å². The molecule has 2 saturated heterocycles. The molecular weight excluding hydrogens is 362 g/mol. The summed E-state index contributed by atoms with van der Waals surface area (Å²) < 4.78 is 0. The Hall–Kier alpha value is -2.04. The second-order valence-corrected chi connectivity index (χ2v) is 8.38. The van der Waals surface area contributed by atoms with Gasteiger partial charge in [-0.15, -0.1) is 0 Å². The second-order valence-electron chi connectivity index (χ2n) is 8.38. The maximum Gasteiger partial charge on any atom is 0.319 e. The van der Waals surface area contributed by atoms with Crippen LogP contribution in [0, 0.1) is 5.92 Å². The van der Waals surface area contributed by atoms with Gasteiger partial charge in [-0.3, -0.25) is 4.79 Å². The second kappa shape index (κ2) is 10.1. The van der Waals surface area contributed by atoms with E-state index in [9.17, 15) is 9.59 Å². The van der Waals surface area contributed by atoms with E-state index in [1.54, 1.807) is 0 Å². The van der Waals surface area contributed by atoms with Crippen LogP contribution in [-0.4, -0.2) is 65.4 Å². The van der Waals surface area contributed by atoms with Crippen molar-refractivity contribution < 1.29 is 9.59 Å². The maximum absolute atomic E-state index is 13.4. The van der Waals surface area contributed by atoms with Crippen molar-refractivity contribution in [3.05, 3.63) is 35.9 Å². The topological polar surface area (TPSA) is 43.9 Å². The molecule has 0 aliphatic carbocycles. The first-order chi connectivity index (χ1) is 14.1. The zero-order valence-electron chi connectivity index (χ0n) is 18.3. The number of rotatable bonds is 6. The van der Waals surface area contributed by atoms with E-state index in [1.807, 2.05) is 23.6 Å². The molecule has 2 fully saturated rings. The summed E-state index contributed by atoms with van der Waals surface area (Å²) in [7, 11) is 0. The number of hydrogen-bond donors (Lipinski definition) is 0. The Morgan fingerprint density at radius 3 is 2.24 bits per heavy atom. The van der Waals surface area contributed by atoms with Crippen molar-refractivity contribution in [1.82, 2.24) is 14.7 Å². The number of likely N-dealkylation sites (tertiary alicyclic amines) is 2. The minimum atomic E-state index is 0.0598. The van der Waals surface area contributed by atoms with Crippen LogP contribution in [0.3, 0.4) is 0 Å². The van der Waals surface area contributed by atoms with Gasteiger partial charge in [-0.2, -0.15) is 0 Å². The fourth-order valence-corrected chi connectivity index (χ4v) is 5.16. The van der Waals surface area contributed by atoms with Crippen molar-refractivity contribution >= 4 is 11.9 Å². The fourth-order valence-electron chi connectivity index (χ4n) is 5.16. The summed E-state index contributed by atoms with van der Waals surface area (Å²) in [6, 6.07) is 11.1. The van der Waals surface area contributed by atoms with Crippen LogP contribution in [-0.2, 0) is 4.79 Å². The van der Waals surface area contributed by atoms with Crippen LogP contribution < -0.4 is 0 Å². The van der Waals surface area contributed by atoms with Crippen LogP contribution in [0.5, 0.6) is 0 Å².